The van der Waals surface area contributed by atoms with Crippen molar-refractivity contribution in [3.63, 3.8) is 0 Å². The maximum absolute atomic E-state index is 6.37. The van der Waals surface area contributed by atoms with E-state index in [-0.39, 0.29) is 0 Å². The lowest BCUT2D eigenvalue weighted by Crippen LogP contribution is -2.40. The van der Waals surface area contributed by atoms with Crippen LogP contribution >= 0.6 is 0 Å². The molecule has 0 unspecified atom stereocenters. The molecule has 4 aliphatic heterocycles. The van der Waals surface area contributed by atoms with Gasteiger partial charge in [-0.25, -0.2) is 0 Å². The van der Waals surface area contributed by atoms with E-state index in [1.165, 1.54) is 0 Å². The van der Waals surface area contributed by atoms with Crippen molar-refractivity contribution < 1.29 is 37.2 Å². The van der Waals surface area contributed by atoms with Crippen molar-refractivity contribution in [2.24, 2.45) is 0 Å². The second-order valence-corrected chi connectivity index (χ2v) is 15.3. The first kappa shape index (κ1) is 33.4. The van der Waals surface area contributed by atoms with Crippen LogP contribution in [-0.2, 0) is 0 Å². The van der Waals surface area contributed by atoms with Gasteiger partial charge in [-0.05, 0) is 93.0 Å². The van der Waals surface area contributed by atoms with Crippen LogP contribution in [0.15, 0.2) is 170 Å². The van der Waals surface area contributed by atoms with E-state index in [2.05, 4.69) is 72.8 Å². The smallest absolute Gasteiger partial charge is 0.519 e. The van der Waals surface area contributed by atoms with Gasteiger partial charge in [0.2, 0.25) is 0 Å². The Hall–Kier alpha value is -7.58. The highest BCUT2D eigenvalue weighted by molar-refractivity contribution is 6.65. The SMILES string of the molecule is c1ccc2c(c1)OB(c1ccc3c(c1)-c1cc(B4Oc5ccccc5O4)ccc1-c1ccc(B4Oc5ccccc5O4)cc1-c1cc(B4Oc5ccccc5O4)ccc1-3)O2. The molecule has 5 aliphatic rings. The van der Waals surface area contributed by atoms with Crippen LogP contribution in [0.4, 0.5) is 0 Å². The summed E-state index contributed by atoms with van der Waals surface area (Å²) in [7, 11) is -2.48. The normalized spacial score (nSPS) is 14.3. The summed E-state index contributed by atoms with van der Waals surface area (Å²) >= 11 is 0. The summed E-state index contributed by atoms with van der Waals surface area (Å²) in [6.07, 6.45) is 0. The summed E-state index contributed by atoms with van der Waals surface area (Å²) in [5.41, 5.74) is 11.7. The average Bonchev–Trinajstić information content (AvgIpc) is 4.12. The molecule has 60 heavy (non-hydrogen) atoms. The van der Waals surface area contributed by atoms with Gasteiger partial charge in [-0.3, -0.25) is 0 Å². The summed E-state index contributed by atoms with van der Waals surface area (Å²) in [6, 6.07) is 56.8. The van der Waals surface area contributed by atoms with E-state index in [0.29, 0.717) is 46.0 Å². The minimum Gasteiger partial charge on any atom is -0.519 e. The van der Waals surface area contributed by atoms with Crippen molar-refractivity contribution in [3.05, 3.63) is 170 Å². The van der Waals surface area contributed by atoms with Crippen LogP contribution < -0.4 is 59.1 Å². The van der Waals surface area contributed by atoms with Gasteiger partial charge in [-0.2, -0.15) is 0 Å². The van der Waals surface area contributed by atoms with Gasteiger partial charge in [0.25, 0.3) is 0 Å². The lowest BCUT2D eigenvalue weighted by Gasteiger charge is -2.25. The van der Waals surface area contributed by atoms with E-state index < -0.39 is 28.5 Å². The highest BCUT2D eigenvalue weighted by Gasteiger charge is 2.40. The Balaban J connectivity index is 1.01. The van der Waals surface area contributed by atoms with Gasteiger partial charge in [-0.1, -0.05) is 121 Å². The molecule has 0 saturated heterocycles. The second kappa shape index (κ2) is 13.0. The molecule has 0 fully saturated rings. The van der Waals surface area contributed by atoms with Crippen molar-refractivity contribution in [3.8, 4) is 90.5 Å². The molecule has 1 aliphatic carbocycles. The van der Waals surface area contributed by atoms with Crippen LogP contribution in [0, 0.1) is 0 Å². The van der Waals surface area contributed by atoms with Crippen LogP contribution in [-0.4, -0.2) is 28.5 Å². The molecule has 0 aromatic heterocycles. The molecule has 0 saturated carbocycles. The number of hydrogen-bond donors (Lipinski definition) is 0. The number of fused-ring (bicyclic) bond motifs is 12. The topological polar surface area (TPSA) is 73.8 Å². The lowest BCUT2D eigenvalue weighted by molar-refractivity contribution is 0.518. The maximum atomic E-state index is 6.37. The van der Waals surface area contributed by atoms with E-state index in [0.717, 1.165) is 66.4 Å². The number of hydrogen-bond acceptors (Lipinski definition) is 8. The average molecular weight is 776 g/mol. The first-order valence-electron chi connectivity index (χ1n) is 19.9. The van der Waals surface area contributed by atoms with Gasteiger partial charge >= 0.3 is 28.5 Å². The highest BCUT2D eigenvalue weighted by atomic mass is 16.6. The van der Waals surface area contributed by atoms with E-state index in [1.807, 2.05) is 97.1 Å². The molecule has 12 heteroatoms. The second-order valence-electron chi connectivity index (χ2n) is 15.3. The third-order valence-electron chi connectivity index (χ3n) is 11.7. The molecule has 0 spiro atoms. The van der Waals surface area contributed by atoms with Gasteiger partial charge < -0.3 is 37.2 Å². The van der Waals surface area contributed by atoms with E-state index in [4.69, 9.17) is 37.2 Å². The summed E-state index contributed by atoms with van der Waals surface area (Å²) in [6.45, 7) is 0. The van der Waals surface area contributed by atoms with Gasteiger partial charge in [0.1, 0.15) is 46.0 Å². The molecule has 0 radical (unpaired) electrons. The third kappa shape index (κ3) is 5.30. The Morgan fingerprint density at radius 1 is 0.200 bits per heavy atom. The Kier molecular flexibility index (Phi) is 7.22. The molecule has 4 heterocycles. The summed E-state index contributed by atoms with van der Waals surface area (Å²) < 4.78 is 50.9. The Morgan fingerprint density at radius 2 is 0.383 bits per heavy atom. The zero-order chi connectivity index (χ0) is 39.3. The van der Waals surface area contributed by atoms with Gasteiger partial charge in [0.05, 0.1) is 0 Å². The monoisotopic (exact) mass is 776 g/mol. The zero-order valence-electron chi connectivity index (χ0n) is 31.7. The lowest BCUT2D eigenvalue weighted by atomic mass is 9.69. The van der Waals surface area contributed by atoms with Gasteiger partial charge in [0, 0.05) is 21.9 Å². The molecule has 0 bridgehead atoms. The fourth-order valence-corrected chi connectivity index (χ4v) is 8.81. The number of benzene rings is 8. The molecule has 8 aromatic rings. The van der Waals surface area contributed by atoms with Crippen LogP contribution in [0.3, 0.4) is 0 Å². The quantitative estimate of drug-likeness (QED) is 0.172. The van der Waals surface area contributed by atoms with Crippen molar-refractivity contribution in [2.45, 2.75) is 0 Å². The van der Waals surface area contributed by atoms with E-state index >= 15 is 0 Å². The van der Waals surface area contributed by atoms with E-state index in [1.54, 1.807) is 0 Å². The Labute approximate surface area is 346 Å². The van der Waals surface area contributed by atoms with Gasteiger partial charge in [0.15, 0.2) is 0 Å². The molecule has 0 amide bonds. The molecule has 8 nitrogen and oxygen atoms in total. The third-order valence-corrected chi connectivity index (χ3v) is 11.7. The van der Waals surface area contributed by atoms with E-state index in [9.17, 15) is 0 Å². The number of rotatable bonds is 4. The summed E-state index contributed by atoms with van der Waals surface area (Å²) in [5, 5.41) is 0. The number of para-hydroxylation sites is 8. The molecule has 8 aromatic carbocycles. The van der Waals surface area contributed by atoms with Crippen molar-refractivity contribution >= 4 is 50.3 Å². The highest BCUT2D eigenvalue weighted by Crippen LogP contribution is 2.48. The largest absolute Gasteiger partial charge is 0.632 e. The fourth-order valence-electron chi connectivity index (χ4n) is 8.81. The summed E-state index contributed by atoms with van der Waals surface area (Å²) in [4.78, 5) is 0. The van der Waals surface area contributed by atoms with Crippen LogP contribution in [0.1, 0.15) is 0 Å². The van der Waals surface area contributed by atoms with Crippen molar-refractivity contribution in [1.29, 1.82) is 0 Å². The predicted molar refractivity (Wildman–Crippen MR) is 234 cm³/mol. The van der Waals surface area contributed by atoms with Crippen molar-refractivity contribution in [1.82, 2.24) is 0 Å². The standard InChI is InChI=1S/C48H28B4O8/c1-2-10-42-41(9-1)53-49(54-42)29-17-21-33-34-22-18-31(51-57-45-13-5-6-14-46(45)58-51)27-39(34)40-28-32(52-59-47-15-7-8-16-48(47)60-52)20-24-36(40)35-23-19-30(26-38(35)37(33)25-29)50-55-43-11-3-4-12-44(43)56-50/h1-28H. The molecular weight excluding hydrogens is 748 g/mol. The fraction of sp³-hybridized carbons (Fsp3) is 0. The molecule has 280 valence electrons. The van der Waals surface area contributed by atoms with Crippen LogP contribution in [0.5, 0.6) is 46.0 Å². The Morgan fingerprint density at radius 3 is 0.567 bits per heavy atom. The predicted octanol–water partition coefficient (Wildman–Crippen LogP) is 7.33. The molecule has 0 atom stereocenters. The van der Waals surface area contributed by atoms with Gasteiger partial charge in [-0.15, -0.1) is 0 Å². The first-order valence-corrected chi connectivity index (χ1v) is 19.9. The minimum absolute atomic E-state index is 0.619. The maximum Gasteiger partial charge on any atom is 0.632 e. The van der Waals surface area contributed by atoms with Crippen LogP contribution in [0.25, 0.3) is 44.5 Å². The van der Waals surface area contributed by atoms with Crippen LogP contribution in [0.2, 0.25) is 0 Å². The van der Waals surface area contributed by atoms with Crippen molar-refractivity contribution in [2.75, 3.05) is 0 Å². The molecule has 13 rings (SSSR count). The Bertz CT molecular complexity index is 2570. The molecular formula is C48H28B4O8. The minimum atomic E-state index is -0.619. The first-order chi connectivity index (χ1) is 29.7. The summed E-state index contributed by atoms with van der Waals surface area (Å²) in [5.74, 6) is 5.71. The molecule has 0 N–H and O–H groups in total. The zero-order valence-corrected chi connectivity index (χ0v) is 31.7.